The molecule has 0 bridgehead atoms. The van der Waals surface area contributed by atoms with Gasteiger partial charge in [-0.15, -0.1) is 0 Å². The number of hydrogen-bond acceptors (Lipinski definition) is 5. The molecular weight excluding hydrogens is 236 g/mol. The summed E-state index contributed by atoms with van der Waals surface area (Å²) >= 11 is 0. The van der Waals surface area contributed by atoms with Gasteiger partial charge in [0.05, 0.1) is 11.5 Å². The van der Waals surface area contributed by atoms with Gasteiger partial charge in [-0.1, -0.05) is 0 Å². The Kier molecular flexibility index (Phi) is 3.18. The van der Waals surface area contributed by atoms with E-state index < -0.39 is 10.9 Å². The average Bonchev–Trinajstić information content (AvgIpc) is 2.37. The quantitative estimate of drug-likeness (QED) is 0.471. The summed E-state index contributed by atoms with van der Waals surface area (Å²) in [4.78, 5) is 25.8. The topological polar surface area (TPSA) is 82.3 Å². The number of benzene rings is 1. The predicted octanol–water partition coefficient (Wildman–Crippen LogP) is 2.32. The third-order valence-electron chi connectivity index (χ3n) is 2.43. The van der Waals surface area contributed by atoms with E-state index in [1.54, 1.807) is 19.1 Å². The Morgan fingerprint density at radius 1 is 1.44 bits per heavy atom. The van der Waals surface area contributed by atoms with Crippen LogP contribution in [0.3, 0.4) is 0 Å². The van der Waals surface area contributed by atoms with Crippen molar-refractivity contribution in [2.24, 2.45) is 0 Å². The van der Waals surface area contributed by atoms with Crippen LogP contribution in [-0.4, -0.2) is 22.5 Å². The minimum Gasteiger partial charge on any atom is -0.461 e. The molecule has 0 saturated carbocycles. The van der Waals surface area contributed by atoms with Gasteiger partial charge in [-0.25, -0.2) is 9.78 Å². The third-order valence-corrected chi connectivity index (χ3v) is 2.43. The molecule has 2 rings (SSSR count). The van der Waals surface area contributed by atoms with Gasteiger partial charge in [-0.05, 0) is 24.4 Å². The van der Waals surface area contributed by atoms with Crippen LogP contribution in [0.2, 0.25) is 0 Å². The Hall–Kier alpha value is -2.50. The lowest BCUT2D eigenvalue weighted by atomic mass is 10.1. The van der Waals surface area contributed by atoms with Gasteiger partial charge >= 0.3 is 5.97 Å². The van der Waals surface area contributed by atoms with Crippen molar-refractivity contribution in [1.82, 2.24) is 4.98 Å². The molecule has 1 heterocycles. The van der Waals surface area contributed by atoms with Crippen molar-refractivity contribution < 1.29 is 14.5 Å². The van der Waals surface area contributed by atoms with Gasteiger partial charge in [0.15, 0.2) is 5.69 Å². The summed E-state index contributed by atoms with van der Waals surface area (Å²) in [6.07, 6.45) is 1.47. The molecule has 92 valence electrons. The van der Waals surface area contributed by atoms with E-state index in [0.29, 0.717) is 10.8 Å². The second-order valence-electron chi connectivity index (χ2n) is 3.54. The van der Waals surface area contributed by atoms with E-state index in [9.17, 15) is 14.9 Å². The molecule has 0 fully saturated rings. The van der Waals surface area contributed by atoms with Crippen molar-refractivity contribution in [2.45, 2.75) is 6.92 Å². The minimum atomic E-state index is -0.580. The van der Waals surface area contributed by atoms with Gasteiger partial charge in [0.2, 0.25) is 0 Å². The molecule has 0 spiro atoms. The normalized spacial score (nSPS) is 10.3. The fourth-order valence-corrected chi connectivity index (χ4v) is 1.63. The van der Waals surface area contributed by atoms with E-state index in [1.807, 2.05) is 0 Å². The number of esters is 1. The highest BCUT2D eigenvalue weighted by atomic mass is 16.6. The number of rotatable bonds is 3. The highest BCUT2D eigenvalue weighted by Gasteiger charge is 2.15. The number of hydrogen-bond donors (Lipinski definition) is 0. The van der Waals surface area contributed by atoms with Gasteiger partial charge in [0.25, 0.3) is 5.69 Å². The summed E-state index contributed by atoms with van der Waals surface area (Å²) in [5.41, 5.74) is 0.0131. The van der Waals surface area contributed by atoms with Crippen LogP contribution in [0.1, 0.15) is 17.4 Å². The zero-order valence-corrected chi connectivity index (χ0v) is 9.62. The fraction of sp³-hybridized carbons (Fsp3) is 0.167. The second kappa shape index (κ2) is 4.79. The Morgan fingerprint density at radius 2 is 2.22 bits per heavy atom. The van der Waals surface area contributed by atoms with Crippen LogP contribution >= 0.6 is 0 Å². The van der Waals surface area contributed by atoms with Gasteiger partial charge in [0, 0.05) is 23.7 Å². The molecule has 6 heteroatoms. The maximum absolute atomic E-state index is 11.7. The summed E-state index contributed by atoms with van der Waals surface area (Å²) in [5.74, 6) is -0.580. The first-order valence-corrected chi connectivity index (χ1v) is 5.33. The van der Waals surface area contributed by atoms with Crippen molar-refractivity contribution in [3.05, 3.63) is 46.3 Å². The molecule has 2 aromatic rings. The number of carbonyl (C=O) groups is 1. The molecule has 0 N–H and O–H groups in total. The summed E-state index contributed by atoms with van der Waals surface area (Å²) in [6, 6.07) is 5.98. The van der Waals surface area contributed by atoms with E-state index in [0.717, 1.165) is 0 Å². The second-order valence-corrected chi connectivity index (χ2v) is 3.54. The lowest BCUT2D eigenvalue weighted by Gasteiger charge is -2.04. The van der Waals surface area contributed by atoms with Gasteiger partial charge < -0.3 is 4.74 Å². The predicted molar refractivity (Wildman–Crippen MR) is 64.4 cm³/mol. The molecule has 0 amide bonds. The monoisotopic (exact) mass is 246 g/mol. The van der Waals surface area contributed by atoms with Crippen LogP contribution in [0.15, 0.2) is 30.5 Å². The summed E-state index contributed by atoms with van der Waals surface area (Å²) in [6.45, 7) is 1.91. The molecule has 0 radical (unpaired) electrons. The number of nitrogens with zero attached hydrogens (tertiary/aromatic N) is 2. The highest BCUT2D eigenvalue weighted by molar-refractivity contribution is 6.03. The molecule has 6 nitrogen and oxygen atoms in total. The van der Waals surface area contributed by atoms with Crippen molar-refractivity contribution >= 4 is 22.4 Å². The number of fused-ring (bicyclic) bond motifs is 1. The van der Waals surface area contributed by atoms with E-state index >= 15 is 0 Å². The SMILES string of the molecule is CCOC(=O)c1nccc2ccc([N+](=O)[O-])cc12. The van der Waals surface area contributed by atoms with Gasteiger partial charge in [-0.2, -0.15) is 0 Å². The zero-order valence-electron chi connectivity index (χ0n) is 9.62. The maximum atomic E-state index is 11.7. The Morgan fingerprint density at radius 3 is 2.89 bits per heavy atom. The molecule has 1 aromatic carbocycles. The van der Waals surface area contributed by atoms with E-state index in [4.69, 9.17) is 4.74 Å². The van der Waals surface area contributed by atoms with Gasteiger partial charge in [0.1, 0.15) is 0 Å². The lowest BCUT2D eigenvalue weighted by Crippen LogP contribution is -2.07. The van der Waals surface area contributed by atoms with Crippen molar-refractivity contribution in [3.8, 4) is 0 Å². The van der Waals surface area contributed by atoms with Crippen LogP contribution < -0.4 is 0 Å². The van der Waals surface area contributed by atoms with E-state index in [2.05, 4.69) is 4.98 Å². The molecule has 0 unspecified atom stereocenters. The lowest BCUT2D eigenvalue weighted by molar-refractivity contribution is -0.384. The molecule has 1 aromatic heterocycles. The standard InChI is InChI=1S/C12H10N2O4/c1-2-18-12(15)11-10-7-9(14(16)17)4-3-8(10)5-6-13-11/h3-7H,2H2,1H3. The van der Waals surface area contributed by atoms with Gasteiger partial charge in [-0.3, -0.25) is 10.1 Å². The first-order valence-electron chi connectivity index (χ1n) is 5.33. The van der Waals surface area contributed by atoms with E-state index in [1.165, 1.54) is 18.3 Å². The third kappa shape index (κ3) is 2.13. The molecular formula is C12H10N2O4. The molecule has 0 aliphatic heterocycles. The smallest absolute Gasteiger partial charge is 0.357 e. The number of nitro benzene ring substituents is 1. The number of carbonyl (C=O) groups excluding carboxylic acids is 1. The van der Waals surface area contributed by atoms with Crippen LogP contribution in [0.5, 0.6) is 0 Å². The average molecular weight is 246 g/mol. The van der Waals surface area contributed by atoms with Crippen molar-refractivity contribution in [3.63, 3.8) is 0 Å². The Bertz CT molecular complexity index is 625. The Balaban J connectivity index is 2.62. The summed E-state index contributed by atoms with van der Waals surface area (Å²) in [7, 11) is 0. The fourth-order valence-electron chi connectivity index (χ4n) is 1.63. The summed E-state index contributed by atoms with van der Waals surface area (Å²) in [5, 5.41) is 11.8. The minimum absolute atomic E-state index is 0.0824. The van der Waals surface area contributed by atoms with Crippen LogP contribution in [0.25, 0.3) is 10.8 Å². The highest BCUT2D eigenvalue weighted by Crippen LogP contribution is 2.23. The first kappa shape index (κ1) is 12.0. The molecule has 0 aliphatic carbocycles. The zero-order chi connectivity index (χ0) is 13.1. The number of ether oxygens (including phenoxy) is 1. The van der Waals surface area contributed by atoms with Crippen molar-refractivity contribution in [1.29, 1.82) is 0 Å². The maximum Gasteiger partial charge on any atom is 0.357 e. The Labute approximate surface area is 102 Å². The summed E-state index contributed by atoms with van der Waals surface area (Å²) < 4.78 is 4.87. The van der Waals surface area contributed by atoms with Crippen LogP contribution in [0.4, 0.5) is 5.69 Å². The largest absolute Gasteiger partial charge is 0.461 e. The van der Waals surface area contributed by atoms with Crippen LogP contribution in [0, 0.1) is 10.1 Å². The molecule has 0 saturated heterocycles. The molecule has 18 heavy (non-hydrogen) atoms. The molecule has 0 atom stereocenters. The molecule has 0 aliphatic rings. The number of non-ortho nitro benzene ring substituents is 1. The number of pyridine rings is 1. The first-order chi connectivity index (χ1) is 8.63. The number of aromatic nitrogens is 1. The van der Waals surface area contributed by atoms with Crippen LogP contribution in [-0.2, 0) is 4.74 Å². The van der Waals surface area contributed by atoms with E-state index in [-0.39, 0.29) is 18.0 Å². The number of nitro groups is 1. The van der Waals surface area contributed by atoms with Crippen molar-refractivity contribution in [2.75, 3.05) is 6.61 Å².